The fourth-order valence-electron chi connectivity index (χ4n) is 3.63. The number of thiazole rings is 1. The molecule has 4 aromatic rings. The van der Waals surface area contributed by atoms with Crippen molar-refractivity contribution in [2.24, 2.45) is 0 Å². The van der Waals surface area contributed by atoms with Crippen LogP contribution >= 0.6 is 11.3 Å². The Morgan fingerprint density at radius 1 is 1.23 bits per heavy atom. The van der Waals surface area contributed by atoms with Gasteiger partial charge < -0.3 is 14.0 Å². The Morgan fingerprint density at radius 3 is 2.87 bits per heavy atom. The Balaban J connectivity index is 1.48. The summed E-state index contributed by atoms with van der Waals surface area (Å²) >= 11 is 1.46. The summed E-state index contributed by atoms with van der Waals surface area (Å²) in [5, 5.41) is 4.65. The van der Waals surface area contributed by atoms with Crippen molar-refractivity contribution in [3.8, 4) is 17.1 Å². The quantitative estimate of drug-likeness (QED) is 0.434. The summed E-state index contributed by atoms with van der Waals surface area (Å²) in [5.74, 6) is 1.02. The van der Waals surface area contributed by atoms with E-state index in [1.807, 2.05) is 48.5 Å². The van der Waals surface area contributed by atoms with Gasteiger partial charge in [0, 0.05) is 24.3 Å². The Morgan fingerprint density at radius 2 is 2.10 bits per heavy atom. The van der Waals surface area contributed by atoms with Gasteiger partial charge in [-0.1, -0.05) is 46.8 Å². The second kappa shape index (κ2) is 8.49. The van der Waals surface area contributed by atoms with E-state index in [9.17, 15) is 4.79 Å². The van der Waals surface area contributed by atoms with Crippen LogP contribution in [0.2, 0.25) is 0 Å². The van der Waals surface area contributed by atoms with Gasteiger partial charge in [0.1, 0.15) is 5.75 Å². The average Bonchev–Trinajstić information content (AvgIpc) is 3.57. The van der Waals surface area contributed by atoms with Crippen LogP contribution in [0.3, 0.4) is 0 Å². The lowest BCUT2D eigenvalue weighted by atomic mass is 10.1. The third-order valence-electron chi connectivity index (χ3n) is 5.26. The van der Waals surface area contributed by atoms with Crippen LogP contribution in [-0.2, 0) is 4.74 Å². The van der Waals surface area contributed by atoms with E-state index < -0.39 is 0 Å². The van der Waals surface area contributed by atoms with Gasteiger partial charge in [-0.25, -0.2) is 4.98 Å². The van der Waals surface area contributed by atoms with Gasteiger partial charge in [-0.3, -0.25) is 9.69 Å². The summed E-state index contributed by atoms with van der Waals surface area (Å²) in [6.45, 7) is 1.13. The van der Waals surface area contributed by atoms with Crippen LogP contribution in [0.1, 0.15) is 23.3 Å². The van der Waals surface area contributed by atoms with E-state index in [2.05, 4.69) is 5.16 Å². The van der Waals surface area contributed by atoms with Gasteiger partial charge in [0.15, 0.2) is 16.6 Å². The Hall–Kier alpha value is -3.23. The summed E-state index contributed by atoms with van der Waals surface area (Å²) in [5.41, 5.74) is 1.90. The lowest BCUT2D eigenvalue weighted by Crippen LogP contribution is -2.37. The molecule has 158 valence electrons. The Kier molecular flexibility index (Phi) is 5.40. The minimum Gasteiger partial charge on any atom is -0.497 e. The zero-order valence-electron chi connectivity index (χ0n) is 17.0. The predicted molar refractivity (Wildman–Crippen MR) is 119 cm³/mol. The molecule has 1 amide bonds. The molecule has 0 radical (unpaired) electrons. The molecule has 3 heterocycles. The summed E-state index contributed by atoms with van der Waals surface area (Å²) in [7, 11) is 1.62. The van der Waals surface area contributed by atoms with Crippen molar-refractivity contribution in [3.63, 3.8) is 0 Å². The molecule has 5 rings (SSSR count). The van der Waals surface area contributed by atoms with Crippen LogP contribution in [0.15, 0.2) is 59.1 Å². The van der Waals surface area contributed by atoms with E-state index in [1.165, 1.54) is 11.3 Å². The van der Waals surface area contributed by atoms with Crippen molar-refractivity contribution < 1.29 is 18.8 Å². The molecule has 1 aliphatic rings. The number of hydrogen-bond donors (Lipinski definition) is 0. The molecule has 1 fully saturated rings. The maximum atomic E-state index is 13.5. The molecule has 2 aromatic heterocycles. The second-order valence-electron chi connectivity index (χ2n) is 7.32. The molecule has 0 spiro atoms. The van der Waals surface area contributed by atoms with Crippen LogP contribution < -0.4 is 9.64 Å². The number of carbonyl (C=O) groups is 1. The zero-order chi connectivity index (χ0) is 21.2. The highest BCUT2D eigenvalue weighted by Gasteiger charge is 2.29. The molecule has 1 unspecified atom stereocenters. The number of aromatic nitrogens is 2. The van der Waals surface area contributed by atoms with Gasteiger partial charge in [-0.05, 0) is 25.0 Å². The molecule has 1 aliphatic heterocycles. The lowest BCUT2D eigenvalue weighted by molar-refractivity contribution is 0.0910. The van der Waals surface area contributed by atoms with Gasteiger partial charge >= 0.3 is 0 Å². The second-order valence-corrected chi connectivity index (χ2v) is 8.33. The smallest absolute Gasteiger partial charge is 0.282 e. The number of fused-ring (bicyclic) bond motifs is 1. The first-order valence-corrected chi connectivity index (χ1v) is 10.9. The summed E-state index contributed by atoms with van der Waals surface area (Å²) in [6.07, 6.45) is 1.88. The summed E-state index contributed by atoms with van der Waals surface area (Å²) in [4.78, 5) is 19.8. The fourth-order valence-corrected chi connectivity index (χ4v) is 4.58. The topological polar surface area (TPSA) is 77.7 Å². The van der Waals surface area contributed by atoms with Crippen LogP contribution in [0, 0.1) is 0 Å². The highest BCUT2D eigenvalue weighted by atomic mass is 32.1. The molecule has 31 heavy (non-hydrogen) atoms. The first-order valence-electron chi connectivity index (χ1n) is 10.1. The summed E-state index contributed by atoms with van der Waals surface area (Å²) in [6, 6.07) is 17.0. The van der Waals surface area contributed by atoms with Crippen LogP contribution in [0.4, 0.5) is 5.13 Å². The summed E-state index contributed by atoms with van der Waals surface area (Å²) < 4.78 is 17.5. The molecule has 7 nitrogen and oxygen atoms in total. The molecular weight excluding hydrogens is 414 g/mol. The SMILES string of the molecule is COc1ccc2sc(N(CC3CCCO3)C(=O)c3cc(-c4ccccc4)on3)nc2c1. The Bertz CT molecular complexity index is 1200. The van der Waals surface area contributed by atoms with Gasteiger partial charge in [0.05, 0.1) is 30.0 Å². The maximum Gasteiger partial charge on any atom is 0.282 e. The molecule has 0 N–H and O–H groups in total. The number of nitrogens with zero attached hydrogens (tertiary/aromatic N) is 3. The number of amides is 1. The van der Waals surface area contributed by atoms with Crippen molar-refractivity contribution in [2.75, 3.05) is 25.2 Å². The minimum atomic E-state index is -0.257. The number of hydrogen-bond acceptors (Lipinski definition) is 7. The van der Waals surface area contributed by atoms with E-state index in [0.29, 0.717) is 24.0 Å². The van der Waals surface area contributed by atoms with Crippen molar-refractivity contribution >= 4 is 32.6 Å². The van der Waals surface area contributed by atoms with Gasteiger partial charge in [-0.2, -0.15) is 0 Å². The number of benzene rings is 2. The van der Waals surface area contributed by atoms with Crippen molar-refractivity contribution in [1.82, 2.24) is 10.1 Å². The first-order chi connectivity index (χ1) is 15.2. The highest BCUT2D eigenvalue weighted by Crippen LogP contribution is 2.33. The van der Waals surface area contributed by atoms with E-state index in [4.69, 9.17) is 19.0 Å². The van der Waals surface area contributed by atoms with Crippen LogP contribution in [0.25, 0.3) is 21.5 Å². The minimum absolute atomic E-state index is 0.0222. The van der Waals surface area contributed by atoms with Crippen LogP contribution in [-0.4, -0.2) is 42.4 Å². The number of carbonyl (C=O) groups excluding carboxylic acids is 1. The monoisotopic (exact) mass is 435 g/mol. The molecule has 0 aliphatic carbocycles. The number of ether oxygens (including phenoxy) is 2. The van der Waals surface area contributed by atoms with Gasteiger partial charge in [0.25, 0.3) is 5.91 Å². The zero-order valence-corrected chi connectivity index (χ0v) is 17.8. The average molecular weight is 436 g/mol. The molecule has 0 bridgehead atoms. The molecule has 8 heteroatoms. The third kappa shape index (κ3) is 4.04. The Labute approximate surface area is 183 Å². The molecular formula is C23H21N3O4S. The number of methoxy groups -OCH3 is 1. The largest absolute Gasteiger partial charge is 0.497 e. The van der Waals surface area contributed by atoms with Crippen molar-refractivity contribution in [1.29, 1.82) is 0 Å². The lowest BCUT2D eigenvalue weighted by Gasteiger charge is -2.21. The van der Waals surface area contributed by atoms with Crippen molar-refractivity contribution in [2.45, 2.75) is 18.9 Å². The third-order valence-corrected chi connectivity index (χ3v) is 6.32. The van der Waals surface area contributed by atoms with Crippen LogP contribution in [0.5, 0.6) is 5.75 Å². The fraction of sp³-hybridized carbons (Fsp3) is 0.261. The molecule has 1 saturated heterocycles. The standard InChI is InChI=1S/C23H21N3O4S/c1-28-16-9-10-21-18(12-16)24-23(31-21)26(14-17-8-5-11-29-17)22(27)19-13-20(30-25-19)15-6-3-2-4-7-15/h2-4,6-7,9-10,12-13,17H,5,8,11,14H2,1H3. The molecule has 2 aromatic carbocycles. The first kappa shape index (κ1) is 19.7. The predicted octanol–water partition coefficient (Wildman–Crippen LogP) is 4.79. The van der Waals surface area contributed by atoms with E-state index in [0.717, 1.165) is 34.4 Å². The van der Waals surface area contributed by atoms with E-state index >= 15 is 0 Å². The number of rotatable bonds is 6. The molecule has 1 atom stereocenters. The van der Waals surface area contributed by atoms with E-state index in [-0.39, 0.29) is 17.7 Å². The normalized spacial score (nSPS) is 16.0. The highest BCUT2D eigenvalue weighted by molar-refractivity contribution is 7.22. The molecule has 0 saturated carbocycles. The van der Waals surface area contributed by atoms with Crippen molar-refractivity contribution in [3.05, 3.63) is 60.3 Å². The van der Waals surface area contributed by atoms with Gasteiger partial charge in [-0.15, -0.1) is 0 Å². The van der Waals surface area contributed by atoms with Gasteiger partial charge in [0.2, 0.25) is 0 Å². The number of anilines is 1. The maximum absolute atomic E-state index is 13.5. The van der Waals surface area contributed by atoms with E-state index in [1.54, 1.807) is 18.1 Å².